The summed E-state index contributed by atoms with van der Waals surface area (Å²) in [6.07, 6.45) is 0.635. The lowest BCUT2D eigenvalue weighted by Crippen LogP contribution is -1.91. The van der Waals surface area contributed by atoms with Gasteiger partial charge in [-0.05, 0) is 6.07 Å². The first-order chi connectivity index (χ1) is 6.20. The van der Waals surface area contributed by atoms with Crippen molar-refractivity contribution in [2.75, 3.05) is 0 Å². The number of rotatable bonds is 2. The van der Waals surface area contributed by atoms with Crippen LogP contribution in [0.25, 0.3) is 11.1 Å². The molecule has 2 heterocycles. The van der Waals surface area contributed by atoms with Gasteiger partial charge in [0.15, 0.2) is 6.29 Å². The first-order valence-corrected chi connectivity index (χ1v) is 3.52. The van der Waals surface area contributed by atoms with E-state index in [1.165, 1.54) is 12.1 Å². The number of aromatic amines is 1. The zero-order chi connectivity index (χ0) is 9.42. The molecule has 0 aliphatic carbocycles. The number of carboxylic acids is 1. The molecule has 2 aromatic heterocycles. The van der Waals surface area contributed by atoms with Crippen LogP contribution in [0.1, 0.15) is 21.0 Å². The average Bonchev–Trinajstić information content (AvgIpc) is 2.58. The molecule has 0 spiro atoms. The minimum absolute atomic E-state index is 0.140. The second-order valence-corrected chi connectivity index (χ2v) is 2.54. The van der Waals surface area contributed by atoms with Crippen LogP contribution in [0, 0.1) is 0 Å². The number of furan rings is 1. The number of aromatic carboxylic acids is 1. The van der Waals surface area contributed by atoms with E-state index in [0.717, 1.165) is 0 Å². The minimum atomic E-state index is -1.13. The maximum absolute atomic E-state index is 10.4. The second-order valence-electron chi connectivity index (χ2n) is 2.54. The summed E-state index contributed by atoms with van der Waals surface area (Å²) in [5, 5.41) is 9.14. The lowest BCUT2D eigenvalue weighted by molar-refractivity contribution is 0.0664. The van der Waals surface area contributed by atoms with Crippen molar-refractivity contribution in [1.29, 1.82) is 0 Å². The first-order valence-electron chi connectivity index (χ1n) is 3.52. The number of H-pyrrole nitrogens is 1. The number of hydrogen-bond donors (Lipinski definition) is 2. The zero-order valence-corrected chi connectivity index (χ0v) is 6.40. The number of carboxylic acid groups (broad SMARTS) is 1. The highest BCUT2D eigenvalue weighted by atomic mass is 16.4. The number of nitrogens with one attached hydrogen (secondary N) is 1. The smallest absolute Gasteiger partial charge is 0.371 e. The molecular formula is C8H5NO4. The van der Waals surface area contributed by atoms with Gasteiger partial charge in [0.1, 0.15) is 0 Å². The third kappa shape index (κ3) is 1.10. The number of hydrogen-bond acceptors (Lipinski definition) is 3. The Balaban J connectivity index is 2.60. The van der Waals surface area contributed by atoms with Gasteiger partial charge in [-0.25, -0.2) is 4.79 Å². The molecular weight excluding hydrogens is 174 g/mol. The van der Waals surface area contributed by atoms with Crippen molar-refractivity contribution >= 4 is 23.4 Å². The van der Waals surface area contributed by atoms with E-state index in [1.807, 2.05) is 0 Å². The van der Waals surface area contributed by atoms with Crippen molar-refractivity contribution in [3.63, 3.8) is 0 Å². The first kappa shape index (κ1) is 7.60. The monoisotopic (exact) mass is 179 g/mol. The van der Waals surface area contributed by atoms with E-state index in [9.17, 15) is 9.59 Å². The molecule has 0 unspecified atom stereocenters. The van der Waals surface area contributed by atoms with Gasteiger partial charge in [0, 0.05) is 11.5 Å². The van der Waals surface area contributed by atoms with E-state index in [2.05, 4.69) is 4.98 Å². The van der Waals surface area contributed by atoms with Crippen LogP contribution in [0.15, 0.2) is 16.5 Å². The SMILES string of the molecule is O=Cc1cc2cc(C(=O)O)oc2[nH]1. The van der Waals surface area contributed by atoms with Crippen molar-refractivity contribution < 1.29 is 19.1 Å². The lowest BCUT2D eigenvalue weighted by atomic mass is 10.3. The molecule has 5 heteroatoms. The number of carbonyl (C=O) groups excluding carboxylic acids is 1. The number of fused-ring (bicyclic) bond motifs is 1. The summed E-state index contributed by atoms with van der Waals surface area (Å²) in [5.41, 5.74) is 0.671. The molecule has 13 heavy (non-hydrogen) atoms. The highest BCUT2D eigenvalue weighted by Gasteiger charge is 2.12. The molecule has 0 atom stereocenters. The normalized spacial score (nSPS) is 10.5. The van der Waals surface area contributed by atoms with Crippen molar-refractivity contribution in [3.8, 4) is 0 Å². The fraction of sp³-hybridized carbons (Fsp3) is 0. The summed E-state index contributed by atoms with van der Waals surface area (Å²) in [6.45, 7) is 0. The number of carbonyl (C=O) groups is 2. The van der Waals surface area contributed by atoms with E-state index >= 15 is 0 Å². The molecule has 66 valence electrons. The van der Waals surface area contributed by atoms with Gasteiger partial charge in [-0.3, -0.25) is 4.79 Å². The van der Waals surface area contributed by atoms with Crippen LogP contribution in [0.3, 0.4) is 0 Å². The van der Waals surface area contributed by atoms with Gasteiger partial charge < -0.3 is 14.5 Å². The van der Waals surface area contributed by atoms with Crippen LogP contribution in [0.4, 0.5) is 0 Å². The summed E-state index contributed by atoms with van der Waals surface area (Å²) in [7, 11) is 0. The molecule has 0 fully saturated rings. The Morgan fingerprint density at radius 3 is 2.85 bits per heavy atom. The molecule has 0 aliphatic rings. The Hall–Kier alpha value is -2.04. The Labute approximate surface area is 72.0 Å². The molecule has 0 bridgehead atoms. The largest absolute Gasteiger partial charge is 0.475 e. The van der Waals surface area contributed by atoms with Crippen LogP contribution < -0.4 is 0 Å². The lowest BCUT2D eigenvalue weighted by Gasteiger charge is -1.83. The fourth-order valence-corrected chi connectivity index (χ4v) is 1.11. The highest BCUT2D eigenvalue weighted by molar-refractivity contribution is 5.92. The van der Waals surface area contributed by atoms with Crippen LogP contribution in [0.2, 0.25) is 0 Å². The molecule has 0 amide bonds. The van der Waals surface area contributed by atoms with E-state index in [-0.39, 0.29) is 5.76 Å². The van der Waals surface area contributed by atoms with Gasteiger partial charge in [0.25, 0.3) is 0 Å². The van der Waals surface area contributed by atoms with Crippen LogP contribution in [-0.2, 0) is 0 Å². The predicted molar refractivity (Wildman–Crippen MR) is 42.9 cm³/mol. The second kappa shape index (κ2) is 2.48. The fourth-order valence-electron chi connectivity index (χ4n) is 1.11. The molecule has 0 radical (unpaired) electrons. The van der Waals surface area contributed by atoms with Gasteiger partial charge in [0.05, 0.1) is 5.69 Å². The third-order valence-corrected chi connectivity index (χ3v) is 1.67. The molecule has 0 aromatic carbocycles. The van der Waals surface area contributed by atoms with Gasteiger partial charge in [-0.2, -0.15) is 0 Å². The Morgan fingerprint density at radius 1 is 1.54 bits per heavy atom. The maximum Gasteiger partial charge on any atom is 0.371 e. The molecule has 0 aliphatic heterocycles. The van der Waals surface area contributed by atoms with Crippen LogP contribution >= 0.6 is 0 Å². The quantitative estimate of drug-likeness (QED) is 0.680. The van der Waals surface area contributed by atoms with Gasteiger partial charge in [-0.15, -0.1) is 0 Å². The topological polar surface area (TPSA) is 83.3 Å². The van der Waals surface area contributed by atoms with E-state index in [4.69, 9.17) is 9.52 Å². The van der Waals surface area contributed by atoms with E-state index in [0.29, 0.717) is 23.1 Å². The summed E-state index contributed by atoms with van der Waals surface area (Å²) in [5.74, 6) is -1.27. The number of aldehydes is 1. The highest BCUT2D eigenvalue weighted by Crippen LogP contribution is 2.19. The Bertz CT molecular complexity index is 448. The Morgan fingerprint density at radius 2 is 2.31 bits per heavy atom. The summed E-state index contributed by atoms with van der Waals surface area (Å²) in [4.78, 5) is 23.4. The molecule has 5 nitrogen and oxygen atoms in total. The van der Waals surface area contributed by atoms with Gasteiger partial charge in [0.2, 0.25) is 11.5 Å². The van der Waals surface area contributed by atoms with Gasteiger partial charge in [-0.1, -0.05) is 0 Å². The predicted octanol–water partition coefficient (Wildman–Crippen LogP) is 1.27. The van der Waals surface area contributed by atoms with Crippen molar-refractivity contribution in [2.45, 2.75) is 0 Å². The average molecular weight is 179 g/mol. The molecule has 2 rings (SSSR count). The zero-order valence-electron chi connectivity index (χ0n) is 6.40. The Kier molecular flexibility index (Phi) is 1.45. The minimum Gasteiger partial charge on any atom is -0.475 e. The van der Waals surface area contributed by atoms with Crippen molar-refractivity contribution in [3.05, 3.63) is 23.6 Å². The van der Waals surface area contributed by atoms with Crippen molar-refractivity contribution in [2.24, 2.45) is 0 Å². The van der Waals surface area contributed by atoms with E-state index in [1.54, 1.807) is 0 Å². The summed E-state index contributed by atoms with van der Waals surface area (Å²) in [6, 6.07) is 2.89. The molecule has 0 saturated carbocycles. The molecule has 2 N–H and O–H groups in total. The maximum atomic E-state index is 10.4. The van der Waals surface area contributed by atoms with Gasteiger partial charge >= 0.3 is 5.97 Å². The van der Waals surface area contributed by atoms with Crippen LogP contribution in [0.5, 0.6) is 0 Å². The summed E-state index contributed by atoms with van der Waals surface area (Å²) < 4.78 is 4.90. The molecule has 2 aromatic rings. The van der Waals surface area contributed by atoms with Crippen LogP contribution in [-0.4, -0.2) is 22.3 Å². The number of aromatic nitrogens is 1. The molecule has 0 saturated heterocycles. The summed E-state index contributed by atoms with van der Waals surface area (Å²) >= 11 is 0. The van der Waals surface area contributed by atoms with E-state index < -0.39 is 5.97 Å². The standard InChI is InChI=1S/C8H5NO4/c10-3-5-1-4-2-6(8(11)12)13-7(4)9-5/h1-3,9H,(H,11,12). The van der Waals surface area contributed by atoms with Crippen molar-refractivity contribution in [1.82, 2.24) is 4.98 Å². The third-order valence-electron chi connectivity index (χ3n) is 1.67.